The monoisotopic (exact) mass is 309 g/mol. The molecule has 96 valence electrons. The Morgan fingerprint density at radius 2 is 2.28 bits per heavy atom. The number of benzene rings is 1. The average Bonchev–Trinajstić information content (AvgIpc) is 2.73. The molecule has 1 atom stereocenters. The summed E-state index contributed by atoms with van der Waals surface area (Å²) in [5.74, 6) is 0.817. The lowest BCUT2D eigenvalue weighted by atomic mass is 10.1. The summed E-state index contributed by atoms with van der Waals surface area (Å²) in [6, 6.07) is 5.80. The van der Waals surface area contributed by atoms with E-state index in [0.717, 1.165) is 21.3 Å². The summed E-state index contributed by atoms with van der Waals surface area (Å²) < 4.78 is 8.56. The zero-order valence-electron chi connectivity index (χ0n) is 10.4. The van der Waals surface area contributed by atoms with Crippen LogP contribution in [0.4, 0.5) is 0 Å². The molecule has 5 heteroatoms. The Balaban J connectivity index is 2.13. The summed E-state index contributed by atoms with van der Waals surface area (Å²) in [6.45, 7) is 2.44. The predicted molar refractivity (Wildman–Crippen MR) is 74.3 cm³/mol. The van der Waals surface area contributed by atoms with Crippen molar-refractivity contribution in [3.05, 3.63) is 46.2 Å². The summed E-state index contributed by atoms with van der Waals surface area (Å²) in [5.41, 5.74) is 7.97. The van der Waals surface area contributed by atoms with E-state index in [0.29, 0.717) is 6.61 Å². The minimum atomic E-state index is -0.0635. The first-order chi connectivity index (χ1) is 8.56. The first-order valence-corrected chi connectivity index (χ1v) is 6.51. The third kappa shape index (κ3) is 3.11. The molecule has 0 unspecified atom stereocenters. The summed E-state index contributed by atoms with van der Waals surface area (Å²) in [7, 11) is 1.89. The van der Waals surface area contributed by atoms with Gasteiger partial charge in [0.25, 0.3) is 0 Å². The fraction of sp³-hybridized carbons (Fsp3) is 0.308. The summed E-state index contributed by atoms with van der Waals surface area (Å²) in [4.78, 5) is 0. The second-order valence-corrected chi connectivity index (χ2v) is 5.20. The van der Waals surface area contributed by atoms with E-state index < -0.39 is 0 Å². The van der Waals surface area contributed by atoms with E-state index in [9.17, 15) is 0 Å². The highest BCUT2D eigenvalue weighted by atomic mass is 79.9. The van der Waals surface area contributed by atoms with Gasteiger partial charge >= 0.3 is 0 Å². The number of ether oxygens (including phenoxy) is 1. The van der Waals surface area contributed by atoms with Crippen molar-refractivity contribution in [3.8, 4) is 5.75 Å². The molecular formula is C13H16BrN3O. The van der Waals surface area contributed by atoms with Crippen LogP contribution in [0.1, 0.15) is 24.1 Å². The molecule has 1 heterocycles. The van der Waals surface area contributed by atoms with Gasteiger partial charge in [0.05, 0.1) is 6.20 Å². The molecule has 0 amide bonds. The first-order valence-electron chi connectivity index (χ1n) is 5.71. The van der Waals surface area contributed by atoms with Crippen molar-refractivity contribution in [2.75, 3.05) is 0 Å². The topological polar surface area (TPSA) is 53.1 Å². The fourth-order valence-electron chi connectivity index (χ4n) is 1.71. The molecule has 4 nitrogen and oxygen atoms in total. The molecule has 0 saturated heterocycles. The third-order valence-electron chi connectivity index (χ3n) is 2.62. The molecule has 0 aliphatic carbocycles. The highest BCUT2D eigenvalue weighted by Gasteiger charge is 2.09. The average molecular weight is 310 g/mol. The van der Waals surface area contributed by atoms with Crippen LogP contribution < -0.4 is 10.5 Å². The van der Waals surface area contributed by atoms with Gasteiger partial charge in [-0.05, 0) is 25.1 Å². The van der Waals surface area contributed by atoms with Crippen molar-refractivity contribution in [3.63, 3.8) is 0 Å². The lowest BCUT2D eigenvalue weighted by Crippen LogP contribution is -2.08. The third-order valence-corrected chi connectivity index (χ3v) is 3.11. The second-order valence-electron chi connectivity index (χ2n) is 4.28. The molecule has 1 aromatic heterocycles. The van der Waals surface area contributed by atoms with Crippen molar-refractivity contribution in [1.29, 1.82) is 0 Å². The van der Waals surface area contributed by atoms with Gasteiger partial charge in [-0.1, -0.05) is 15.9 Å². The highest BCUT2D eigenvalue weighted by Crippen LogP contribution is 2.28. The van der Waals surface area contributed by atoms with E-state index in [4.69, 9.17) is 10.5 Å². The molecule has 0 spiro atoms. The van der Waals surface area contributed by atoms with Crippen LogP contribution >= 0.6 is 15.9 Å². The van der Waals surface area contributed by atoms with E-state index in [1.165, 1.54) is 0 Å². The number of rotatable bonds is 4. The maximum Gasteiger partial charge on any atom is 0.124 e. The van der Waals surface area contributed by atoms with Crippen molar-refractivity contribution in [2.24, 2.45) is 12.8 Å². The minimum Gasteiger partial charge on any atom is -0.488 e. The van der Waals surface area contributed by atoms with Crippen molar-refractivity contribution >= 4 is 15.9 Å². The molecule has 18 heavy (non-hydrogen) atoms. The highest BCUT2D eigenvalue weighted by molar-refractivity contribution is 9.10. The second kappa shape index (κ2) is 5.54. The molecule has 0 aliphatic heterocycles. The van der Waals surface area contributed by atoms with Gasteiger partial charge in [0.1, 0.15) is 12.4 Å². The Morgan fingerprint density at radius 1 is 1.50 bits per heavy atom. The SMILES string of the molecule is C[C@@H](N)c1cc(Br)ccc1OCc1cnn(C)c1. The smallest absolute Gasteiger partial charge is 0.124 e. The van der Waals surface area contributed by atoms with Crippen LogP contribution in [0.3, 0.4) is 0 Å². The van der Waals surface area contributed by atoms with Gasteiger partial charge in [-0.2, -0.15) is 5.10 Å². The molecule has 1 aromatic carbocycles. The van der Waals surface area contributed by atoms with Crippen LogP contribution in [-0.4, -0.2) is 9.78 Å². The Hall–Kier alpha value is -1.33. The van der Waals surface area contributed by atoms with E-state index in [1.54, 1.807) is 10.9 Å². The Morgan fingerprint density at radius 3 is 2.89 bits per heavy atom. The first kappa shape index (κ1) is 13.1. The van der Waals surface area contributed by atoms with E-state index >= 15 is 0 Å². The minimum absolute atomic E-state index is 0.0635. The molecule has 2 rings (SSSR count). The van der Waals surface area contributed by atoms with Gasteiger partial charge < -0.3 is 10.5 Å². The number of aromatic nitrogens is 2. The van der Waals surface area contributed by atoms with Crippen LogP contribution in [0.25, 0.3) is 0 Å². The maximum atomic E-state index is 5.94. The molecule has 2 aromatic rings. The van der Waals surface area contributed by atoms with E-state index in [1.807, 2.05) is 38.4 Å². The maximum absolute atomic E-state index is 5.94. The zero-order valence-corrected chi connectivity index (χ0v) is 12.0. The lowest BCUT2D eigenvalue weighted by Gasteiger charge is -2.14. The summed E-state index contributed by atoms with van der Waals surface area (Å²) in [6.07, 6.45) is 3.73. The Bertz CT molecular complexity index is 537. The van der Waals surface area contributed by atoms with Crippen molar-refractivity contribution in [2.45, 2.75) is 19.6 Å². The standard InChI is InChI=1S/C13H16BrN3O/c1-9(15)12-5-11(14)3-4-13(12)18-8-10-6-16-17(2)7-10/h3-7,9H,8,15H2,1-2H3/t9-/m1/s1. The Kier molecular flexibility index (Phi) is 4.04. The number of hydrogen-bond donors (Lipinski definition) is 1. The quantitative estimate of drug-likeness (QED) is 0.945. The van der Waals surface area contributed by atoms with Gasteiger partial charge in [0.2, 0.25) is 0 Å². The number of hydrogen-bond acceptors (Lipinski definition) is 3. The number of nitrogens with two attached hydrogens (primary N) is 1. The normalized spacial score (nSPS) is 12.4. The molecule has 0 bridgehead atoms. The van der Waals surface area contributed by atoms with Gasteiger partial charge in [-0.3, -0.25) is 4.68 Å². The van der Waals surface area contributed by atoms with Gasteiger partial charge in [0.15, 0.2) is 0 Å². The summed E-state index contributed by atoms with van der Waals surface area (Å²) in [5, 5.41) is 4.11. The molecule has 2 N–H and O–H groups in total. The van der Waals surface area contributed by atoms with Crippen molar-refractivity contribution < 1.29 is 4.74 Å². The van der Waals surface area contributed by atoms with Gasteiger partial charge in [0, 0.05) is 34.9 Å². The molecular weight excluding hydrogens is 294 g/mol. The molecule has 0 fully saturated rings. The van der Waals surface area contributed by atoms with Crippen LogP contribution in [0.5, 0.6) is 5.75 Å². The summed E-state index contributed by atoms with van der Waals surface area (Å²) >= 11 is 3.44. The van der Waals surface area contributed by atoms with Gasteiger partial charge in [-0.25, -0.2) is 0 Å². The molecule has 0 radical (unpaired) electrons. The van der Waals surface area contributed by atoms with Gasteiger partial charge in [-0.15, -0.1) is 0 Å². The number of nitrogens with zero attached hydrogens (tertiary/aromatic N) is 2. The number of aryl methyl sites for hydroxylation is 1. The van der Waals surface area contributed by atoms with Crippen LogP contribution in [0.15, 0.2) is 35.1 Å². The Labute approximate surface area is 115 Å². The molecule has 0 saturated carbocycles. The van der Waals surface area contributed by atoms with E-state index in [-0.39, 0.29) is 6.04 Å². The zero-order chi connectivity index (χ0) is 13.1. The fourth-order valence-corrected chi connectivity index (χ4v) is 2.09. The lowest BCUT2D eigenvalue weighted by molar-refractivity contribution is 0.301. The van der Waals surface area contributed by atoms with Crippen LogP contribution in [0, 0.1) is 0 Å². The van der Waals surface area contributed by atoms with Crippen LogP contribution in [0.2, 0.25) is 0 Å². The van der Waals surface area contributed by atoms with Crippen LogP contribution in [-0.2, 0) is 13.7 Å². The predicted octanol–water partition coefficient (Wildman–Crippen LogP) is 2.78. The largest absolute Gasteiger partial charge is 0.488 e. The molecule has 0 aliphatic rings. The van der Waals surface area contributed by atoms with Crippen molar-refractivity contribution in [1.82, 2.24) is 9.78 Å². The number of halogens is 1. The van der Waals surface area contributed by atoms with E-state index in [2.05, 4.69) is 21.0 Å².